The molecule has 1 amide bonds. The van der Waals surface area contributed by atoms with Gasteiger partial charge in [-0.2, -0.15) is 0 Å². The Balaban J connectivity index is 1.29. The average Bonchev–Trinajstić information content (AvgIpc) is 3.42. The fraction of sp³-hybridized carbons (Fsp3) is 0.368. The Bertz CT molecular complexity index is 954. The van der Waals surface area contributed by atoms with Gasteiger partial charge in [-0.1, -0.05) is 46.8 Å². The van der Waals surface area contributed by atoms with Crippen LogP contribution in [0, 0.1) is 0 Å². The lowest BCUT2D eigenvalue weighted by molar-refractivity contribution is -0.139. The van der Waals surface area contributed by atoms with E-state index in [1.54, 1.807) is 6.07 Å². The predicted octanol–water partition coefficient (Wildman–Crippen LogP) is 2.99. The fourth-order valence-corrected chi connectivity index (χ4v) is 3.66. The molecule has 28 heavy (non-hydrogen) atoms. The minimum absolute atomic E-state index is 0.192. The largest absolute Gasteiger partial charge is 0.355 e. The van der Waals surface area contributed by atoms with E-state index >= 15 is 0 Å². The molecule has 0 bridgehead atoms. The van der Waals surface area contributed by atoms with Gasteiger partial charge in [0.25, 0.3) is 5.91 Å². The summed E-state index contributed by atoms with van der Waals surface area (Å²) in [4.78, 5) is 12.3. The van der Waals surface area contributed by atoms with E-state index in [0.29, 0.717) is 25.3 Å². The summed E-state index contributed by atoms with van der Waals surface area (Å²) in [7, 11) is 0. The Hall–Kier alpha value is -2.62. The first-order valence-electron chi connectivity index (χ1n) is 8.94. The maximum atomic E-state index is 12.3. The number of nitrogens with zero attached hydrogens (tertiary/aromatic N) is 3. The fourth-order valence-electron chi connectivity index (χ4n) is 2.80. The number of nitrogens with one attached hydrogen (secondary N) is 1. The van der Waals surface area contributed by atoms with Gasteiger partial charge in [0, 0.05) is 24.6 Å². The molecule has 8 nitrogen and oxygen atoms in total. The smallest absolute Gasteiger partial charge is 0.273 e. The van der Waals surface area contributed by atoms with Crippen LogP contribution in [-0.2, 0) is 15.9 Å². The molecule has 3 heterocycles. The topological polar surface area (TPSA) is 99.4 Å². The third-order valence-electron chi connectivity index (χ3n) is 4.19. The van der Waals surface area contributed by atoms with Gasteiger partial charge in [-0.05, 0) is 13.8 Å². The Morgan fingerprint density at radius 3 is 2.86 bits per heavy atom. The molecule has 0 radical (unpaired) electrons. The standard InChI is InChI=1S/C19H20N4O4S/c1-19(2)25-11-15(26-19)18-22-21-16(28-18)8-9-20-17(24)13-10-14(27-23-13)12-6-4-3-5-7-12/h3-7,10,15H,8-9,11H2,1-2H3,(H,20,24)/t15-/m1/s1. The first-order chi connectivity index (χ1) is 13.5. The summed E-state index contributed by atoms with van der Waals surface area (Å²) >= 11 is 1.47. The SMILES string of the molecule is CC1(C)OC[C@H](c2nnc(CCNC(=O)c3cc(-c4ccccc4)on3)s2)O1. The summed E-state index contributed by atoms with van der Waals surface area (Å²) in [6.07, 6.45) is 0.381. The van der Waals surface area contributed by atoms with Gasteiger partial charge in [-0.15, -0.1) is 10.2 Å². The molecule has 4 rings (SSSR count). The van der Waals surface area contributed by atoms with Gasteiger partial charge in [0.15, 0.2) is 17.2 Å². The Morgan fingerprint density at radius 1 is 1.29 bits per heavy atom. The van der Waals surface area contributed by atoms with Crippen LogP contribution in [0.1, 0.15) is 40.5 Å². The maximum Gasteiger partial charge on any atom is 0.273 e. The van der Waals surface area contributed by atoms with Gasteiger partial charge in [-0.3, -0.25) is 4.79 Å². The highest BCUT2D eigenvalue weighted by molar-refractivity contribution is 7.11. The lowest BCUT2D eigenvalue weighted by Crippen LogP contribution is -2.25. The second-order valence-corrected chi connectivity index (χ2v) is 7.89. The van der Waals surface area contributed by atoms with Crippen molar-refractivity contribution in [2.75, 3.05) is 13.2 Å². The van der Waals surface area contributed by atoms with Crippen molar-refractivity contribution in [2.45, 2.75) is 32.2 Å². The molecule has 146 valence electrons. The number of benzene rings is 1. The molecule has 3 aromatic rings. The molecule has 2 aromatic heterocycles. The van der Waals surface area contributed by atoms with Crippen molar-refractivity contribution in [3.05, 3.63) is 52.1 Å². The zero-order valence-corrected chi connectivity index (χ0v) is 16.4. The van der Waals surface area contributed by atoms with Crippen LogP contribution in [-0.4, -0.2) is 40.2 Å². The molecule has 1 saturated heterocycles. The highest BCUT2D eigenvalue weighted by Gasteiger charge is 2.35. The highest BCUT2D eigenvalue weighted by Crippen LogP contribution is 2.34. The van der Waals surface area contributed by atoms with Crippen LogP contribution in [0.4, 0.5) is 0 Å². The molecule has 9 heteroatoms. The van der Waals surface area contributed by atoms with Gasteiger partial charge in [0.1, 0.15) is 16.1 Å². The van der Waals surface area contributed by atoms with Gasteiger partial charge in [-0.25, -0.2) is 0 Å². The molecule has 1 aromatic carbocycles. The van der Waals surface area contributed by atoms with E-state index in [0.717, 1.165) is 15.6 Å². The molecule has 1 fully saturated rings. The number of hydrogen-bond acceptors (Lipinski definition) is 8. The van der Waals surface area contributed by atoms with Crippen molar-refractivity contribution in [1.82, 2.24) is 20.7 Å². The van der Waals surface area contributed by atoms with Crippen LogP contribution >= 0.6 is 11.3 Å². The van der Waals surface area contributed by atoms with Crippen LogP contribution in [0.3, 0.4) is 0 Å². The van der Waals surface area contributed by atoms with E-state index in [1.165, 1.54) is 11.3 Å². The lowest BCUT2D eigenvalue weighted by Gasteiger charge is -2.15. The van der Waals surface area contributed by atoms with Crippen LogP contribution in [0.2, 0.25) is 0 Å². The molecule has 0 saturated carbocycles. The van der Waals surface area contributed by atoms with Gasteiger partial charge >= 0.3 is 0 Å². The monoisotopic (exact) mass is 400 g/mol. The minimum Gasteiger partial charge on any atom is -0.355 e. The zero-order valence-electron chi connectivity index (χ0n) is 15.5. The van der Waals surface area contributed by atoms with Crippen LogP contribution in [0.15, 0.2) is 40.9 Å². The molecular formula is C19H20N4O4S. The molecule has 0 unspecified atom stereocenters. The first-order valence-corrected chi connectivity index (χ1v) is 9.76. The summed E-state index contributed by atoms with van der Waals surface area (Å²) in [5, 5.41) is 16.6. The Morgan fingerprint density at radius 2 is 2.11 bits per heavy atom. The third kappa shape index (κ3) is 4.27. The summed E-state index contributed by atoms with van der Waals surface area (Å²) in [5.74, 6) is -0.327. The third-order valence-corrected chi connectivity index (χ3v) is 5.27. The quantitative estimate of drug-likeness (QED) is 0.679. The van der Waals surface area contributed by atoms with E-state index in [1.807, 2.05) is 44.2 Å². The number of hydrogen-bond donors (Lipinski definition) is 1. The summed E-state index contributed by atoms with van der Waals surface area (Å²) in [6, 6.07) is 11.1. The second kappa shape index (κ2) is 7.78. The Labute approximate surface area is 165 Å². The Kier molecular flexibility index (Phi) is 5.21. The van der Waals surface area contributed by atoms with Crippen molar-refractivity contribution >= 4 is 17.2 Å². The maximum absolute atomic E-state index is 12.3. The van der Waals surface area contributed by atoms with Crippen molar-refractivity contribution < 1.29 is 18.8 Å². The van der Waals surface area contributed by atoms with E-state index in [-0.39, 0.29) is 17.7 Å². The van der Waals surface area contributed by atoms with Gasteiger partial charge in [0.05, 0.1) is 6.61 Å². The van der Waals surface area contributed by atoms with Gasteiger partial charge < -0.3 is 19.3 Å². The van der Waals surface area contributed by atoms with Crippen LogP contribution in [0.5, 0.6) is 0 Å². The average molecular weight is 400 g/mol. The van der Waals surface area contributed by atoms with Crippen molar-refractivity contribution in [2.24, 2.45) is 0 Å². The van der Waals surface area contributed by atoms with Crippen molar-refractivity contribution in [3.8, 4) is 11.3 Å². The molecule has 1 aliphatic rings. The normalized spacial score (nSPS) is 18.3. The van der Waals surface area contributed by atoms with Crippen LogP contribution in [0.25, 0.3) is 11.3 Å². The zero-order chi connectivity index (χ0) is 19.6. The molecule has 0 spiro atoms. The minimum atomic E-state index is -0.597. The summed E-state index contributed by atoms with van der Waals surface area (Å²) < 4.78 is 16.6. The first kappa shape index (κ1) is 18.7. The van der Waals surface area contributed by atoms with E-state index in [4.69, 9.17) is 14.0 Å². The second-order valence-electron chi connectivity index (χ2n) is 6.80. The number of aromatic nitrogens is 3. The molecule has 1 atom stereocenters. The lowest BCUT2D eigenvalue weighted by atomic mass is 10.1. The number of ether oxygens (including phenoxy) is 2. The number of amides is 1. The summed E-state index contributed by atoms with van der Waals surface area (Å²) in [5.41, 5.74) is 1.12. The van der Waals surface area contributed by atoms with Crippen LogP contribution < -0.4 is 5.32 Å². The van der Waals surface area contributed by atoms with E-state index in [9.17, 15) is 4.79 Å². The number of carbonyl (C=O) groups is 1. The molecule has 1 aliphatic heterocycles. The molecule has 1 N–H and O–H groups in total. The highest BCUT2D eigenvalue weighted by atomic mass is 32.1. The predicted molar refractivity (Wildman–Crippen MR) is 102 cm³/mol. The van der Waals surface area contributed by atoms with E-state index in [2.05, 4.69) is 20.7 Å². The number of rotatable bonds is 6. The van der Waals surface area contributed by atoms with Gasteiger partial charge in [0.2, 0.25) is 0 Å². The summed E-state index contributed by atoms with van der Waals surface area (Å²) in [6.45, 7) is 4.64. The molecular weight excluding hydrogens is 380 g/mol. The molecule has 0 aliphatic carbocycles. The van der Waals surface area contributed by atoms with Crippen molar-refractivity contribution in [3.63, 3.8) is 0 Å². The number of carbonyl (C=O) groups excluding carboxylic acids is 1. The van der Waals surface area contributed by atoms with Crippen molar-refractivity contribution in [1.29, 1.82) is 0 Å². The van der Waals surface area contributed by atoms with E-state index < -0.39 is 5.79 Å².